The number of allylic oxidation sites excluding steroid dienone is 1. The van der Waals surface area contributed by atoms with Crippen molar-refractivity contribution in [2.24, 2.45) is 0 Å². The summed E-state index contributed by atoms with van der Waals surface area (Å²) in [5.41, 5.74) is 4.58. The van der Waals surface area contributed by atoms with Crippen LogP contribution in [0.15, 0.2) is 54.1 Å². The fourth-order valence-corrected chi connectivity index (χ4v) is 4.45. The fraction of sp³-hybridized carbons (Fsp3) is 0.448. The molecule has 6 nitrogen and oxygen atoms in total. The van der Waals surface area contributed by atoms with Crippen LogP contribution in [0.4, 0.5) is 5.69 Å². The number of piperidine rings is 1. The van der Waals surface area contributed by atoms with Crippen molar-refractivity contribution >= 4 is 17.6 Å². The van der Waals surface area contributed by atoms with E-state index in [1.54, 1.807) is 25.1 Å². The minimum absolute atomic E-state index is 0.0905. The standard InChI is InChI=1S/C29H38N2O4/c1-5-34-27-19-22(14-15-24(27)29(33)35-6-2)20-28(32)30-25(18-21(3)4)23-12-8-9-13-26(23)31-16-10-7-11-17-31/h8-9,12-15,18-19,25H,5-7,10-11,16-17,20H2,1-4H3,(H,30,32). The van der Waals surface area contributed by atoms with Gasteiger partial charge in [0.25, 0.3) is 0 Å². The van der Waals surface area contributed by atoms with Crippen LogP contribution in [0.25, 0.3) is 0 Å². The summed E-state index contributed by atoms with van der Waals surface area (Å²) in [6, 6.07) is 13.3. The van der Waals surface area contributed by atoms with Gasteiger partial charge in [0.05, 0.1) is 25.7 Å². The molecule has 2 aromatic carbocycles. The summed E-state index contributed by atoms with van der Waals surface area (Å²) in [6.07, 6.45) is 5.94. The van der Waals surface area contributed by atoms with E-state index in [4.69, 9.17) is 9.47 Å². The summed E-state index contributed by atoms with van der Waals surface area (Å²) in [5.74, 6) is -0.0790. The van der Waals surface area contributed by atoms with Crippen molar-refractivity contribution < 1.29 is 19.1 Å². The van der Waals surface area contributed by atoms with Crippen molar-refractivity contribution in [3.05, 3.63) is 70.8 Å². The van der Waals surface area contributed by atoms with E-state index >= 15 is 0 Å². The number of anilines is 1. The minimum Gasteiger partial charge on any atom is -0.493 e. The van der Waals surface area contributed by atoms with Crippen LogP contribution >= 0.6 is 0 Å². The van der Waals surface area contributed by atoms with E-state index in [-0.39, 0.29) is 18.4 Å². The lowest BCUT2D eigenvalue weighted by Gasteiger charge is -2.32. The van der Waals surface area contributed by atoms with E-state index in [0.717, 1.165) is 29.8 Å². The van der Waals surface area contributed by atoms with Gasteiger partial charge in [0, 0.05) is 24.3 Å². The highest BCUT2D eigenvalue weighted by atomic mass is 16.5. The van der Waals surface area contributed by atoms with Gasteiger partial charge in [-0.25, -0.2) is 4.79 Å². The summed E-state index contributed by atoms with van der Waals surface area (Å²) in [7, 11) is 0. The van der Waals surface area contributed by atoms with Crippen LogP contribution in [0.3, 0.4) is 0 Å². The number of para-hydroxylation sites is 1. The molecule has 1 aliphatic heterocycles. The molecule has 1 N–H and O–H groups in total. The highest BCUT2D eigenvalue weighted by Gasteiger charge is 2.21. The number of ether oxygens (including phenoxy) is 2. The van der Waals surface area contributed by atoms with Gasteiger partial charge in [-0.15, -0.1) is 0 Å². The van der Waals surface area contributed by atoms with Crippen molar-refractivity contribution in [2.75, 3.05) is 31.2 Å². The zero-order valence-electron chi connectivity index (χ0n) is 21.4. The Labute approximate surface area is 209 Å². The predicted octanol–water partition coefficient (Wildman–Crippen LogP) is 5.62. The lowest BCUT2D eigenvalue weighted by Crippen LogP contribution is -2.33. The summed E-state index contributed by atoms with van der Waals surface area (Å²) >= 11 is 0. The van der Waals surface area contributed by atoms with E-state index in [1.165, 1.54) is 24.9 Å². The molecule has 3 rings (SSSR count). The molecule has 0 saturated carbocycles. The van der Waals surface area contributed by atoms with Crippen LogP contribution < -0.4 is 15.0 Å². The van der Waals surface area contributed by atoms with Crippen LogP contribution in [-0.4, -0.2) is 38.2 Å². The molecule has 1 amide bonds. The minimum atomic E-state index is -0.426. The Morgan fingerprint density at radius 2 is 1.77 bits per heavy atom. The molecule has 1 heterocycles. The van der Waals surface area contributed by atoms with Crippen molar-refractivity contribution in [3.63, 3.8) is 0 Å². The number of carbonyl (C=O) groups excluding carboxylic acids is 2. The van der Waals surface area contributed by atoms with E-state index < -0.39 is 5.97 Å². The number of nitrogens with zero attached hydrogens (tertiary/aromatic N) is 1. The van der Waals surface area contributed by atoms with Crippen LogP contribution in [0, 0.1) is 0 Å². The maximum absolute atomic E-state index is 13.2. The van der Waals surface area contributed by atoms with Crippen LogP contribution in [0.2, 0.25) is 0 Å². The molecule has 0 aromatic heterocycles. The first-order valence-electron chi connectivity index (χ1n) is 12.6. The average Bonchev–Trinajstić information content (AvgIpc) is 2.84. The molecule has 0 aliphatic carbocycles. The van der Waals surface area contributed by atoms with Gasteiger partial charge in [-0.2, -0.15) is 0 Å². The molecule has 35 heavy (non-hydrogen) atoms. The molecule has 1 atom stereocenters. The lowest BCUT2D eigenvalue weighted by molar-refractivity contribution is -0.120. The van der Waals surface area contributed by atoms with Crippen LogP contribution in [-0.2, 0) is 16.0 Å². The van der Waals surface area contributed by atoms with Gasteiger partial charge in [-0.05, 0) is 70.7 Å². The zero-order valence-corrected chi connectivity index (χ0v) is 21.4. The maximum Gasteiger partial charge on any atom is 0.341 e. The van der Waals surface area contributed by atoms with Crippen LogP contribution in [0.1, 0.15) is 74.5 Å². The molecule has 1 aliphatic rings. The summed E-state index contributed by atoms with van der Waals surface area (Å²) in [6.45, 7) is 10.5. The quantitative estimate of drug-likeness (QED) is 0.355. The molecule has 2 aromatic rings. The summed E-state index contributed by atoms with van der Waals surface area (Å²) in [5, 5.41) is 3.23. The second kappa shape index (κ2) is 13.0. The molecule has 188 valence electrons. The topological polar surface area (TPSA) is 67.9 Å². The number of rotatable bonds is 10. The Bertz CT molecular complexity index is 1040. The fourth-order valence-electron chi connectivity index (χ4n) is 4.45. The third kappa shape index (κ3) is 7.35. The number of amides is 1. The molecule has 1 unspecified atom stereocenters. The SMILES string of the molecule is CCOC(=O)c1ccc(CC(=O)NC(C=C(C)C)c2ccccc2N2CCCCC2)cc1OCC. The smallest absolute Gasteiger partial charge is 0.341 e. The Balaban J connectivity index is 1.81. The van der Waals surface area contributed by atoms with E-state index in [1.807, 2.05) is 26.8 Å². The molecule has 6 heteroatoms. The van der Waals surface area contributed by atoms with Gasteiger partial charge in [0.1, 0.15) is 11.3 Å². The summed E-state index contributed by atoms with van der Waals surface area (Å²) in [4.78, 5) is 27.8. The second-order valence-corrected chi connectivity index (χ2v) is 9.06. The predicted molar refractivity (Wildman–Crippen MR) is 140 cm³/mol. The van der Waals surface area contributed by atoms with Gasteiger partial charge in [0.2, 0.25) is 5.91 Å². The highest BCUT2D eigenvalue weighted by Crippen LogP contribution is 2.30. The Hall–Kier alpha value is -3.28. The van der Waals surface area contributed by atoms with Gasteiger partial charge in [-0.3, -0.25) is 4.79 Å². The number of hydrogen-bond acceptors (Lipinski definition) is 5. The molecule has 0 radical (unpaired) electrons. The average molecular weight is 479 g/mol. The van der Waals surface area contributed by atoms with Crippen molar-refractivity contribution in [1.82, 2.24) is 5.32 Å². The first-order valence-corrected chi connectivity index (χ1v) is 12.6. The normalized spacial score (nSPS) is 14.1. The zero-order chi connectivity index (χ0) is 25.2. The van der Waals surface area contributed by atoms with Gasteiger partial charge in [0.15, 0.2) is 0 Å². The Kier molecular flexibility index (Phi) is 9.76. The molecule has 1 saturated heterocycles. The number of nitrogens with one attached hydrogen (secondary N) is 1. The third-order valence-corrected chi connectivity index (χ3v) is 5.99. The number of esters is 1. The van der Waals surface area contributed by atoms with Gasteiger partial charge in [-0.1, -0.05) is 35.9 Å². The second-order valence-electron chi connectivity index (χ2n) is 9.06. The largest absolute Gasteiger partial charge is 0.493 e. The van der Waals surface area contributed by atoms with E-state index in [0.29, 0.717) is 24.5 Å². The van der Waals surface area contributed by atoms with Crippen molar-refractivity contribution in [2.45, 2.75) is 59.4 Å². The number of benzene rings is 2. The number of hydrogen-bond donors (Lipinski definition) is 1. The molecule has 0 bridgehead atoms. The molecular formula is C29H38N2O4. The molecule has 0 spiro atoms. The Morgan fingerprint density at radius 1 is 1.03 bits per heavy atom. The summed E-state index contributed by atoms with van der Waals surface area (Å²) < 4.78 is 10.8. The van der Waals surface area contributed by atoms with Crippen molar-refractivity contribution in [1.29, 1.82) is 0 Å². The van der Waals surface area contributed by atoms with Crippen LogP contribution in [0.5, 0.6) is 5.75 Å². The third-order valence-electron chi connectivity index (χ3n) is 5.99. The first kappa shape index (κ1) is 26.3. The highest BCUT2D eigenvalue weighted by molar-refractivity contribution is 5.93. The van der Waals surface area contributed by atoms with Gasteiger partial charge < -0.3 is 19.7 Å². The Morgan fingerprint density at radius 3 is 2.46 bits per heavy atom. The van der Waals surface area contributed by atoms with Crippen molar-refractivity contribution in [3.8, 4) is 5.75 Å². The number of carbonyl (C=O) groups is 2. The maximum atomic E-state index is 13.2. The monoisotopic (exact) mass is 478 g/mol. The first-order chi connectivity index (χ1) is 16.9. The van der Waals surface area contributed by atoms with E-state index in [9.17, 15) is 9.59 Å². The lowest BCUT2D eigenvalue weighted by atomic mass is 9.99. The van der Waals surface area contributed by atoms with Gasteiger partial charge >= 0.3 is 5.97 Å². The molecular weight excluding hydrogens is 440 g/mol. The van der Waals surface area contributed by atoms with E-state index in [2.05, 4.69) is 34.5 Å². The molecule has 1 fully saturated rings.